The predicted molar refractivity (Wildman–Crippen MR) is 79.2 cm³/mol. The van der Waals surface area contributed by atoms with Crippen LogP contribution in [0.2, 0.25) is 0 Å². The zero-order valence-electron chi connectivity index (χ0n) is 10.9. The lowest BCUT2D eigenvalue weighted by molar-refractivity contribution is 0.281. The van der Waals surface area contributed by atoms with Crippen molar-refractivity contribution in [2.24, 2.45) is 0 Å². The van der Waals surface area contributed by atoms with Crippen LogP contribution in [-0.2, 0) is 16.4 Å². The molecule has 106 valence electrons. The second kappa shape index (κ2) is 6.24. The van der Waals surface area contributed by atoms with Crippen LogP contribution in [0.15, 0.2) is 22.7 Å². The maximum atomic E-state index is 11.6. The highest BCUT2D eigenvalue weighted by Crippen LogP contribution is 2.24. The summed E-state index contributed by atoms with van der Waals surface area (Å²) < 4.78 is 29.5. The molecule has 1 aromatic carbocycles. The molecule has 0 bridgehead atoms. The van der Waals surface area contributed by atoms with Crippen molar-refractivity contribution in [3.63, 3.8) is 0 Å². The Hall–Kier alpha value is -0.590. The highest BCUT2D eigenvalue weighted by Gasteiger charge is 2.20. The lowest BCUT2D eigenvalue weighted by Gasteiger charge is -2.20. The van der Waals surface area contributed by atoms with Gasteiger partial charge < -0.3 is 4.74 Å². The van der Waals surface area contributed by atoms with Crippen molar-refractivity contribution in [1.82, 2.24) is 4.90 Å². The van der Waals surface area contributed by atoms with Crippen LogP contribution in [-0.4, -0.2) is 45.0 Å². The maximum absolute atomic E-state index is 11.6. The molecular formula is C13H18BrNO3S. The summed E-state index contributed by atoms with van der Waals surface area (Å²) in [5.74, 6) is 1.40. The minimum absolute atomic E-state index is 0.253. The van der Waals surface area contributed by atoms with Crippen LogP contribution in [0, 0.1) is 0 Å². The molecule has 0 atom stereocenters. The Labute approximate surface area is 122 Å². The number of benzene rings is 1. The number of ether oxygens (including phenoxy) is 1. The number of methoxy groups -OCH3 is 1. The van der Waals surface area contributed by atoms with E-state index >= 15 is 0 Å². The van der Waals surface area contributed by atoms with E-state index in [0.717, 1.165) is 28.9 Å². The van der Waals surface area contributed by atoms with Gasteiger partial charge in [-0.25, -0.2) is 8.42 Å². The average Bonchev–Trinajstić information content (AvgIpc) is 2.51. The van der Waals surface area contributed by atoms with E-state index in [4.69, 9.17) is 4.74 Å². The standard InChI is InChI=1S/C13H18BrNO3S/c1-18-13-4-3-12(14)9-11(13)10-15-5-2-7-19(16,17)8-6-15/h3-4,9H,2,5-8,10H2,1H3. The summed E-state index contributed by atoms with van der Waals surface area (Å²) >= 11 is 3.45. The van der Waals surface area contributed by atoms with Gasteiger partial charge in [-0.15, -0.1) is 0 Å². The number of nitrogens with zero attached hydrogens (tertiary/aromatic N) is 1. The molecular weight excluding hydrogens is 330 g/mol. The molecule has 19 heavy (non-hydrogen) atoms. The Balaban J connectivity index is 2.10. The van der Waals surface area contributed by atoms with E-state index in [1.54, 1.807) is 7.11 Å². The fourth-order valence-electron chi connectivity index (χ4n) is 2.26. The third kappa shape index (κ3) is 4.19. The van der Waals surface area contributed by atoms with Crippen LogP contribution in [0.5, 0.6) is 5.75 Å². The van der Waals surface area contributed by atoms with Gasteiger partial charge in [0.2, 0.25) is 0 Å². The van der Waals surface area contributed by atoms with Crippen LogP contribution in [0.1, 0.15) is 12.0 Å². The number of rotatable bonds is 3. The first kappa shape index (κ1) is 14.8. The highest BCUT2D eigenvalue weighted by molar-refractivity contribution is 9.10. The third-order valence-corrected chi connectivity index (χ3v) is 5.49. The summed E-state index contributed by atoms with van der Waals surface area (Å²) in [5.41, 5.74) is 1.08. The van der Waals surface area contributed by atoms with E-state index in [1.165, 1.54) is 0 Å². The molecule has 4 nitrogen and oxygen atoms in total. The van der Waals surface area contributed by atoms with Crippen molar-refractivity contribution in [3.05, 3.63) is 28.2 Å². The highest BCUT2D eigenvalue weighted by atomic mass is 79.9. The first-order chi connectivity index (χ1) is 9.00. The molecule has 0 radical (unpaired) electrons. The average molecular weight is 348 g/mol. The molecule has 0 N–H and O–H groups in total. The molecule has 0 amide bonds. The molecule has 1 fully saturated rings. The van der Waals surface area contributed by atoms with Crippen molar-refractivity contribution >= 4 is 25.8 Å². The van der Waals surface area contributed by atoms with Crippen LogP contribution < -0.4 is 4.74 Å². The summed E-state index contributed by atoms with van der Waals surface area (Å²) in [6.07, 6.45) is 0.707. The molecule has 2 rings (SSSR count). The van der Waals surface area contributed by atoms with Gasteiger partial charge in [-0.1, -0.05) is 15.9 Å². The molecule has 1 aliphatic heterocycles. The molecule has 0 aliphatic carbocycles. The summed E-state index contributed by atoms with van der Waals surface area (Å²) in [7, 11) is -1.20. The first-order valence-electron chi connectivity index (χ1n) is 6.25. The molecule has 1 aromatic rings. The monoisotopic (exact) mass is 347 g/mol. The molecule has 0 unspecified atom stereocenters. The fraction of sp³-hybridized carbons (Fsp3) is 0.538. The Morgan fingerprint density at radius 3 is 2.84 bits per heavy atom. The molecule has 0 aromatic heterocycles. The normalized spacial score (nSPS) is 19.9. The van der Waals surface area contributed by atoms with Crippen molar-refractivity contribution < 1.29 is 13.2 Å². The minimum atomic E-state index is -2.85. The number of hydrogen-bond donors (Lipinski definition) is 0. The maximum Gasteiger partial charge on any atom is 0.151 e. The zero-order chi connectivity index (χ0) is 13.9. The number of hydrogen-bond acceptors (Lipinski definition) is 4. The van der Waals surface area contributed by atoms with Gasteiger partial charge in [0, 0.05) is 23.1 Å². The first-order valence-corrected chi connectivity index (χ1v) is 8.87. The van der Waals surface area contributed by atoms with Gasteiger partial charge in [-0.05, 0) is 31.2 Å². The Morgan fingerprint density at radius 2 is 2.11 bits per heavy atom. The molecule has 0 spiro atoms. The van der Waals surface area contributed by atoms with Crippen molar-refractivity contribution in [3.8, 4) is 5.75 Å². The fourth-order valence-corrected chi connectivity index (χ4v) is 3.98. The van der Waals surface area contributed by atoms with E-state index < -0.39 is 9.84 Å². The van der Waals surface area contributed by atoms with Gasteiger partial charge in [0.1, 0.15) is 5.75 Å². The van der Waals surface area contributed by atoms with E-state index in [-0.39, 0.29) is 5.75 Å². The summed E-state index contributed by atoms with van der Waals surface area (Å²) in [6, 6.07) is 5.89. The quantitative estimate of drug-likeness (QED) is 0.839. The Bertz CT molecular complexity index is 545. The van der Waals surface area contributed by atoms with Gasteiger partial charge in [0.15, 0.2) is 9.84 Å². The van der Waals surface area contributed by atoms with E-state index in [2.05, 4.69) is 20.8 Å². The smallest absolute Gasteiger partial charge is 0.151 e. The van der Waals surface area contributed by atoms with Crippen molar-refractivity contribution in [1.29, 1.82) is 0 Å². The van der Waals surface area contributed by atoms with Gasteiger partial charge in [0.25, 0.3) is 0 Å². The molecule has 1 saturated heterocycles. The third-order valence-electron chi connectivity index (χ3n) is 3.28. The van der Waals surface area contributed by atoms with Gasteiger partial charge in [-0.2, -0.15) is 0 Å². The Morgan fingerprint density at radius 1 is 1.32 bits per heavy atom. The predicted octanol–water partition coefficient (Wildman–Crippen LogP) is 2.08. The molecule has 0 saturated carbocycles. The van der Waals surface area contributed by atoms with E-state index in [0.29, 0.717) is 18.7 Å². The summed E-state index contributed by atoms with van der Waals surface area (Å²) in [5, 5.41) is 0. The Kier molecular flexibility index (Phi) is 4.86. The van der Waals surface area contributed by atoms with Crippen LogP contribution >= 0.6 is 15.9 Å². The van der Waals surface area contributed by atoms with E-state index in [1.807, 2.05) is 18.2 Å². The number of halogens is 1. The second-order valence-corrected chi connectivity index (χ2v) is 7.96. The SMILES string of the molecule is COc1ccc(Br)cc1CN1CCCS(=O)(=O)CC1. The van der Waals surface area contributed by atoms with Crippen molar-refractivity contribution in [2.45, 2.75) is 13.0 Å². The molecule has 1 aliphatic rings. The largest absolute Gasteiger partial charge is 0.496 e. The second-order valence-electron chi connectivity index (χ2n) is 4.74. The lowest BCUT2D eigenvalue weighted by atomic mass is 10.2. The zero-order valence-corrected chi connectivity index (χ0v) is 13.3. The van der Waals surface area contributed by atoms with Crippen LogP contribution in [0.3, 0.4) is 0 Å². The van der Waals surface area contributed by atoms with E-state index in [9.17, 15) is 8.42 Å². The van der Waals surface area contributed by atoms with Crippen molar-refractivity contribution in [2.75, 3.05) is 31.7 Å². The van der Waals surface area contributed by atoms with Gasteiger partial charge in [0.05, 0.1) is 18.6 Å². The molecule has 6 heteroatoms. The van der Waals surface area contributed by atoms with Crippen LogP contribution in [0.4, 0.5) is 0 Å². The topological polar surface area (TPSA) is 46.6 Å². The van der Waals surface area contributed by atoms with Crippen LogP contribution in [0.25, 0.3) is 0 Å². The van der Waals surface area contributed by atoms with Gasteiger partial charge >= 0.3 is 0 Å². The lowest BCUT2D eigenvalue weighted by Crippen LogP contribution is -2.26. The summed E-state index contributed by atoms with van der Waals surface area (Å²) in [4.78, 5) is 2.18. The summed E-state index contributed by atoms with van der Waals surface area (Å²) in [6.45, 7) is 2.13. The molecule has 1 heterocycles. The number of sulfone groups is 1. The minimum Gasteiger partial charge on any atom is -0.496 e. The van der Waals surface area contributed by atoms with Gasteiger partial charge in [-0.3, -0.25) is 4.90 Å².